The molecule has 64 heavy (non-hydrogen) atoms. The molecule has 0 radical (unpaired) electrons. The number of amides is 3. The predicted molar refractivity (Wildman–Crippen MR) is 229 cm³/mol. The smallest absolute Gasteiger partial charge is 0.284 e. The third-order valence-electron chi connectivity index (χ3n) is 14.0. The number of primary amides is 1. The van der Waals surface area contributed by atoms with Crippen molar-refractivity contribution in [1.29, 1.82) is 0 Å². The summed E-state index contributed by atoms with van der Waals surface area (Å²) in [4.78, 5) is 45.6. The number of morpholine rings is 1. The van der Waals surface area contributed by atoms with Crippen LogP contribution >= 0.6 is 0 Å². The van der Waals surface area contributed by atoms with Gasteiger partial charge in [-0.05, 0) is 94.7 Å². The van der Waals surface area contributed by atoms with Crippen molar-refractivity contribution in [3.8, 4) is 5.75 Å². The number of nitrogens with zero attached hydrogens (tertiary/aromatic N) is 9. The highest BCUT2D eigenvalue weighted by Crippen LogP contribution is 2.41. The maximum Gasteiger partial charge on any atom is 0.284 e. The maximum atomic E-state index is 14.7. The van der Waals surface area contributed by atoms with Gasteiger partial charge in [-0.3, -0.25) is 29.1 Å². The minimum Gasteiger partial charge on any atom is -0.490 e. The molecule has 340 valence electrons. The second kappa shape index (κ2) is 17.8. The molecule has 7 heterocycles. The van der Waals surface area contributed by atoms with Gasteiger partial charge in [0.1, 0.15) is 23.0 Å². The van der Waals surface area contributed by atoms with Gasteiger partial charge in [0.15, 0.2) is 11.3 Å². The number of hydrogen-bond donors (Lipinski definition) is 2. The van der Waals surface area contributed by atoms with Gasteiger partial charge in [-0.15, -0.1) is 0 Å². The number of hydrogen-bond acceptors (Lipinski definition) is 12. The summed E-state index contributed by atoms with van der Waals surface area (Å²) in [5.41, 5.74) is 8.27. The van der Waals surface area contributed by atoms with Crippen molar-refractivity contribution in [2.75, 3.05) is 50.9 Å². The molecule has 3 aliphatic heterocycles. The van der Waals surface area contributed by atoms with Crippen molar-refractivity contribution in [3.63, 3.8) is 0 Å². The standard InChI is InChI=1S/C45H55F2N11O6/c1-26-38-32(58(51-26)33-10-11-37(59)50-45(33)61)4-2-5-36(38)64-31-20-28(21-31)24-63-30-12-16-54(17-13-30)22-27-6-8-29(9-7-27)57-23-34(41(53-57)42(46)47)55-18-19-62-25-35(55)40-39(43(48)60)44-49-14-3-15-56(44)52-40/h2-5,14-15,23,27-31,33,35,42H,6-13,16-22,24-25H2,1H3,(H2,48,60)(H,50,59,61)/t27?,28?,29?,31?,33-,35+/m1/s1. The Kier molecular flexibility index (Phi) is 11.8. The van der Waals surface area contributed by atoms with E-state index in [1.54, 1.807) is 34.0 Å². The molecular weight excluding hydrogens is 829 g/mol. The van der Waals surface area contributed by atoms with E-state index in [9.17, 15) is 23.2 Å². The van der Waals surface area contributed by atoms with E-state index in [4.69, 9.17) is 25.0 Å². The number of piperidine rings is 2. The van der Waals surface area contributed by atoms with Gasteiger partial charge in [0.2, 0.25) is 5.91 Å². The third-order valence-corrected chi connectivity index (χ3v) is 14.0. The quantitative estimate of drug-likeness (QED) is 0.147. The number of likely N-dealkylation sites (tertiary alicyclic amines) is 1. The SMILES string of the molecule is Cc1nn([C@@H]2CCC(=O)NC2=O)c2cccc(OC3CC(COC4CCN(CC5CCC(n6cc(N7CCOC[C@H]7c7nn8cccnc8c7C(N)=O)c(C(F)F)n6)CC5)CC4)C3)c12. The lowest BCUT2D eigenvalue weighted by Gasteiger charge is -2.39. The fraction of sp³-hybridized carbons (Fsp3) is 0.578. The average molecular weight is 884 g/mol. The summed E-state index contributed by atoms with van der Waals surface area (Å²) in [5, 5.41) is 17.1. The molecule has 17 nitrogen and oxygen atoms in total. The Bertz CT molecular complexity index is 2520. The van der Waals surface area contributed by atoms with Crippen LogP contribution in [0.4, 0.5) is 14.5 Å². The number of aromatic nitrogens is 7. The second-order valence-corrected chi connectivity index (χ2v) is 18.2. The lowest BCUT2D eigenvalue weighted by atomic mass is 9.83. The Morgan fingerprint density at radius 2 is 1.78 bits per heavy atom. The molecule has 2 saturated carbocycles. The number of benzene rings is 1. The highest BCUT2D eigenvalue weighted by Gasteiger charge is 2.38. The minimum absolute atomic E-state index is 0.0139. The Morgan fingerprint density at radius 3 is 2.55 bits per heavy atom. The van der Waals surface area contributed by atoms with Crippen molar-refractivity contribution in [3.05, 3.63) is 65.5 Å². The first kappa shape index (κ1) is 42.4. The van der Waals surface area contributed by atoms with Gasteiger partial charge in [0.25, 0.3) is 18.2 Å². The fourth-order valence-electron chi connectivity index (χ4n) is 10.6. The number of rotatable bonds is 13. The molecule has 4 aromatic heterocycles. The predicted octanol–water partition coefficient (Wildman–Crippen LogP) is 5.25. The summed E-state index contributed by atoms with van der Waals surface area (Å²) in [6.45, 7) is 6.48. The molecular formula is C45H55F2N11O6. The number of carbonyl (C=O) groups excluding carboxylic acids is 3. The van der Waals surface area contributed by atoms with Gasteiger partial charge in [0, 0.05) is 51.2 Å². The summed E-state index contributed by atoms with van der Waals surface area (Å²) in [6, 6.07) is 6.39. The van der Waals surface area contributed by atoms with Gasteiger partial charge in [-0.2, -0.15) is 15.3 Å². The number of nitrogens with one attached hydrogen (secondary N) is 1. The van der Waals surface area contributed by atoms with Crippen LogP contribution in [0.3, 0.4) is 0 Å². The number of imide groups is 1. The van der Waals surface area contributed by atoms with E-state index in [2.05, 4.69) is 25.4 Å². The molecule has 0 spiro atoms. The molecule has 5 fully saturated rings. The van der Waals surface area contributed by atoms with E-state index in [0.29, 0.717) is 54.9 Å². The van der Waals surface area contributed by atoms with Crippen molar-refractivity contribution in [2.24, 2.45) is 17.6 Å². The number of alkyl halides is 2. The Balaban J connectivity index is 0.681. The number of nitrogens with two attached hydrogens (primary N) is 1. The second-order valence-electron chi connectivity index (χ2n) is 18.2. The molecule has 2 atom stereocenters. The van der Waals surface area contributed by atoms with E-state index in [0.717, 1.165) is 100.0 Å². The molecule has 3 N–H and O–H groups in total. The van der Waals surface area contributed by atoms with Crippen LogP contribution in [-0.2, 0) is 19.1 Å². The topological polar surface area (TPSA) is 189 Å². The first-order valence-corrected chi connectivity index (χ1v) is 22.7. The van der Waals surface area contributed by atoms with Crippen molar-refractivity contribution >= 4 is 40.0 Å². The van der Waals surface area contributed by atoms with Crippen LogP contribution < -0.4 is 20.7 Å². The van der Waals surface area contributed by atoms with Crippen LogP contribution in [0.5, 0.6) is 5.75 Å². The van der Waals surface area contributed by atoms with Crippen LogP contribution in [0, 0.1) is 18.8 Å². The lowest BCUT2D eigenvalue weighted by molar-refractivity contribution is -0.135. The molecule has 19 heteroatoms. The van der Waals surface area contributed by atoms with Gasteiger partial charge in [-0.25, -0.2) is 18.3 Å². The number of ether oxygens (including phenoxy) is 3. The maximum absolute atomic E-state index is 14.7. The third kappa shape index (κ3) is 8.32. The zero-order valence-electron chi connectivity index (χ0n) is 36.0. The molecule has 5 aromatic rings. The largest absolute Gasteiger partial charge is 0.490 e. The number of aryl methyl sites for hydroxylation is 1. The zero-order chi connectivity index (χ0) is 44.1. The molecule has 0 unspecified atom stereocenters. The first-order valence-electron chi connectivity index (χ1n) is 22.7. The first-order chi connectivity index (χ1) is 31.1. The van der Waals surface area contributed by atoms with Gasteiger partial charge >= 0.3 is 0 Å². The highest BCUT2D eigenvalue weighted by molar-refractivity contribution is 6.01. The van der Waals surface area contributed by atoms with Crippen LogP contribution in [0.15, 0.2) is 42.9 Å². The van der Waals surface area contributed by atoms with Crippen LogP contribution in [0.25, 0.3) is 16.6 Å². The summed E-state index contributed by atoms with van der Waals surface area (Å²) in [7, 11) is 0. The molecule has 3 saturated heterocycles. The van der Waals surface area contributed by atoms with E-state index >= 15 is 0 Å². The average Bonchev–Trinajstić information content (AvgIpc) is 4.00. The van der Waals surface area contributed by atoms with Gasteiger partial charge < -0.3 is 29.7 Å². The summed E-state index contributed by atoms with van der Waals surface area (Å²) in [5.74, 6) is 0.497. The Labute approximate surface area is 368 Å². The Hall–Kier alpha value is -5.53. The summed E-state index contributed by atoms with van der Waals surface area (Å²) >= 11 is 0. The van der Waals surface area contributed by atoms with Crippen LogP contribution in [0.1, 0.15) is 116 Å². The lowest BCUT2D eigenvalue weighted by Crippen LogP contribution is -2.42. The normalized spacial score (nSPS) is 26.2. The van der Waals surface area contributed by atoms with E-state index in [1.807, 2.05) is 30.0 Å². The fourth-order valence-corrected chi connectivity index (χ4v) is 10.6. The number of halogens is 2. The van der Waals surface area contributed by atoms with Gasteiger partial charge in [0.05, 0.1) is 66.4 Å². The van der Waals surface area contributed by atoms with Crippen molar-refractivity contribution in [2.45, 2.75) is 108 Å². The van der Waals surface area contributed by atoms with Crippen molar-refractivity contribution < 1.29 is 37.4 Å². The molecule has 0 bridgehead atoms. The molecule has 5 aliphatic rings. The van der Waals surface area contributed by atoms with Crippen LogP contribution in [0.2, 0.25) is 0 Å². The van der Waals surface area contributed by atoms with Crippen molar-refractivity contribution in [1.82, 2.24) is 44.4 Å². The number of fused-ring (bicyclic) bond motifs is 2. The monoisotopic (exact) mass is 883 g/mol. The van der Waals surface area contributed by atoms with E-state index in [-0.39, 0.29) is 47.9 Å². The Morgan fingerprint density at radius 1 is 0.969 bits per heavy atom. The minimum atomic E-state index is -2.79. The van der Waals surface area contributed by atoms with E-state index < -0.39 is 24.4 Å². The number of carbonyl (C=O) groups is 3. The molecule has 1 aromatic carbocycles. The van der Waals surface area contributed by atoms with Crippen LogP contribution in [-0.4, -0.2) is 115 Å². The summed E-state index contributed by atoms with van der Waals surface area (Å²) < 4.78 is 53.0. The van der Waals surface area contributed by atoms with E-state index in [1.165, 1.54) is 4.52 Å². The summed E-state index contributed by atoms with van der Waals surface area (Å²) in [6.07, 6.45) is 10.8. The van der Waals surface area contributed by atoms with Gasteiger partial charge in [-0.1, -0.05) is 6.07 Å². The number of anilines is 1. The molecule has 10 rings (SSSR count). The zero-order valence-corrected chi connectivity index (χ0v) is 36.0. The molecule has 3 amide bonds. The molecule has 2 aliphatic carbocycles. The highest BCUT2D eigenvalue weighted by atomic mass is 19.3.